The molecule has 1 rings (SSSR count). The van der Waals surface area contributed by atoms with Crippen molar-refractivity contribution in [3.8, 4) is 0 Å². The van der Waals surface area contributed by atoms with Gasteiger partial charge in [-0.05, 0) is 24.0 Å². The average molecular weight is 200 g/mol. The molecule has 1 heterocycles. The van der Waals surface area contributed by atoms with E-state index in [0.717, 1.165) is 12.0 Å². The third kappa shape index (κ3) is 2.98. The lowest BCUT2D eigenvalue weighted by Gasteiger charge is -2.06. The molecule has 3 heteroatoms. The van der Waals surface area contributed by atoms with Gasteiger partial charge >= 0.3 is 0 Å². The molecule has 0 atom stereocenters. The molecule has 0 saturated heterocycles. The van der Waals surface area contributed by atoms with Gasteiger partial charge in [-0.15, -0.1) is 0 Å². The number of aromatic nitrogens is 1. The van der Waals surface area contributed by atoms with E-state index in [1.54, 1.807) is 6.20 Å². The number of aliphatic hydroxyl groups is 1. The van der Waals surface area contributed by atoms with E-state index in [1.807, 2.05) is 6.07 Å². The molecule has 72 valence electrons. The van der Waals surface area contributed by atoms with Crippen LogP contribution in [0.15, 0.2) is 12.3 Å². The fraction of sp³-hybridized carbons (Fsp3) is 0.500. The van der Waals surface area contributed by atoms with Crippen LogP contribution in [-0.4, -0.2) is 10.1 Å². The average Bonchev–Trinajstić information content (AvgIpc) is 2.07. The molecule has 1 aromatic heterocycles. The zero-order valence-corrected chi connectivity index (χ0v) is 8.67. The van der Waals surface area contributed by atoms with Gasteiger partial charge in [0.1, 0.15) is 5.15 Å². The summed E-state index contributed by atoms with van der Waals surface area (Å²) < 4.78 is 0. The second-order valence-electron chi connectivity index (χ2n) is 3.55. The van der Waals surface area contributed by atoms with E-state index >= 15 is 0 Å². The van der Waals surface area contributed by atoms with Gasteiger partial charge in [-0.3, -0.25) is 0 Å². The Hall–Kier alpha value is -0.600. The van der Waals surface area contributed by atoms with Gasteiger partial charge in [-0.2, -0.15) is 0 Å². The molecule has 0 radical (unpaired) electrons. The molecule has 2 nitrogen and oxygen atoms in total. The Morgan fingerprint density at radius 2 is 2.23 bits per heavy atom. The van der Waals surface area contributed by atoms with Crippen LogP contribution in [0.5, 0.6) is 0 Å². The number of aliphatic hydroxyl groups excluding tert-OH is 1. The van der Waals surface area contributed by atoms with Crippen LogP contribution in [0.1, 0.15) is 25.0 Å². The zero-order valence-electron chi connectivity index (χ0n) is 7.92. The van der Waals surface area contributed by atoms with Gasteiger partial charge in [0.05, 0.1) is 6.61 Å². The van der Waals surface area contributed by atoms with Crippen LogP contribution in [0.4, 0.5) is 0 Å². The van der Waals surface area contributed by atoms with E-state index < -0.39 is 0 Å². The van der Waals surface area contributed by atoms with Crippen molar-refractivity contribution in [3.05, 3.63) is 28.5 Å². The van der Waals surface area contributed by atoms with Crippen molar-refractivity contribution in [3.63, 3.8) is 0 Å². The van der Waals surface area contributed by atoms with Crippen LogP contribution < -0.4 is 0 Å². The smallest absolute Gasteiger partial charge is 0.134 e. The standard InChI is InChI=1S/C10H14ClNO/c1-7(2)3-8-4-9(6-13)10(11)12-5-8/h4-5,7,13H,3,6H2,1-2H3. The van der Waals surface area contributed by atoms with Crippen LogP contribution in [-0.2, 0) is 13.0 Å². The van der Waals surface area contributed by atoms with E-state index in [9.17, 15) is 0 Å². The van der Waals surface area contributed by atoms with Crippen LogP contribution in [0, 0.1) is 5.92 Å². The largest absolute Gasteiger partial charge is 0.392 e. The van der Waals surface area contributed by atoms with Crippen molar-refractivity contribution in [2.45, 2.75) is 26.9 Å². The highest BCUT2D eigenvalue weighted by molar-refractivity contribution is 6.30. The molecule has 0 aliphatic heterocycles. The van der Waals surface area contributed by atoms with Crippen molar-refractivity contribution in [1.82, 2.24) is 4.98 Å². The quantitative estimate of drug-likeness (QED) is 0.759. The number of hydrogen-bond acceptors (Lipinski definition) is 2. The fourth-order valence-corrected chi connectivity index (χ4v) is 1.40. The van der Waals surface area contributed by atoms with Crippen LogP contribution in [0.25, 0.3) is 0 Å². The molecule has 0 aliphatic carbocycles. The van der Waals surface area contributed by atoms with Crippen molar-refractivity contribution in [2.75, 3.05) is 0 Å². The summed E-state index contributed by atoms with van der Waals surface area (Å²) in [5, 5.41) is 9.35. The highest BCUT2D eigenvalue weighted by atomic mass is 35.5. The number of rotatable bonds is 3. The fourth-order valence-electron chi connectivity index (χ4n) is 1.24. The van der Waals surface area contributed by atoms with Gasteiger partial charge in [0.15, 0.2) is 0 Å². The molecule has 0 fully saturated rings. The van der Waals surface area contributed by atoms with Crippen molar-refractivity contribution >= 4 is 11.6 Å². The molecule has 0 amide bonds. The number of halogens is 1. The molecule has 1 N–H and O–H groups in total. The van der Waals surface area contributed by atoms with Crippen LogP contribution in [0.3, 0.4) is 0 Å². The first-order valence-electron chi connectivity index (χ1n) is 4.37. The Morgan fingerprint density at radius 1 is 1.54 bits per heavy atom. The normalized spacial score (nSPS) is 10.8. The maximum Gasteiger partial charge on any atom is 0.134 e. The van der Waals surface area contributed by atoms with Gasteiger partial charge < -0.3 is 5.11 Å². The molecular formula is C10H14ClNO. The van der Waals surface area contributed by atoms with Crippen LogP contribution in [0.2, 0.25) is 5.15 Å². The predicted octanol–water partition coefficient (Wildman–Crippen LogP) is 2.43. The van der Waals surface area contributed by atoms with Crippen molar-refractivity contribution in [1.29, 1.82) is 0 Å². The van der Waals surface area contributed by atoms with Crippen LogP contribution >= 0.6 is 11.6 Å². The minimum Gasteiger partial charge on any atom is -0.392 e. The van der Waals surface area contributed by atoms with Crippen molar-refractivity contribution < 1.29 is 5.11 Å². The summed E-state index contributed by atoms with van der Waals surface area (Å²) in [5.74, 6) is 0.592. The summed E-state index contributed by atoms with van der Waals surface area (Å²) in [6, 6.07) is 1.91. The summed E-state index contributed by atoms with van der Waals surface area (Å²) in [6.45, 7) is 4.25. The minimum atomic E-state index is -0.0439. The molecule has 0 saturated carbocycles. The SMILES string of the molecule is CC(C)Cc1cnc(Cl)c(CO)c1. The molecule has 0 aliphatic rings. The Labute approximate surface area is 83.6 Å². The zero-order chi connectivity index (χ0) is 9.84. The Balaban J connectivity index is 2.86. The Bertz CT molecular complexity index is 286. The first-order chi connectivity index (χ1) is 6.13. The first-order valence-corrected chi connectivity index (χ1v) is 4.75. The summed E-state index contributed by atoms with van der Waals surface area (Å²) in [7, 11) is 0. The lowest BCUT2D eigenvalue weighted by Crippen LogP contribution is -1.97. The number of pyridine rings is 1. The van der Waals surface area contributed by atoms with E-state index in [-0.39, 0.29) is 6.61 Å². The predicted molar refractivity (Wildman–Crippen MR) is 53.7 cm³/mol. The summed E-state index contributed by atoms with van der Waals surface area (Å²) in [5.41, 5.74) is 1.84. The monoisotopic (exact) mass is 199 g/mol. The number of hydrogen-bond donors (Lipinski definition) is 1. The Kier molecular flexibility index (Phi) is 3.70. The highest BCUT2D eigenvalue weighted by Gasteiger charge is 2.03. The lowest BCUT2D eigenvalue weighted by atomic mass is 10.0. The summed E-state index contributed by atoms with van der Waals surface area (Å²) in [4.78, 5) is 4.01. The number of nitrogens with zero attached hydrogens (tertiary/aromatic N) is 1. The van der Waals surface area contributed by atoms with Gasteiger partial charge in [-0.1, -0.05) is 25.4 Å². The molecule has 13 heavy (non-hydrogen) atoms. The molecule has 1 aromatic rings. The lowest BCUT2D eigenvalue weighted by molar-refractivity contribution is 0.281. The minimum absolute atomic E-state index is 0.0439. The molecule has 0 unspecified atom stereocenters. The first kappa shape index (κ1) is 10.5. The summed E-state index contributed by atoms with van der Waals surface area (Å²) >= 11 is 5.76. The van der Waals surface area contributed by atoms with E-state index in [2.05, 4.69) is 18.8 Å². The van der Waals surface area contributed by atoms with Gasteiger partial charge in [-0.25, -0.2) is 4.98 Å². The van der Waals surface area contributed by atoms with Crippen molar-refractivity contribution in [2.24, 2.45) is 5.92 Å². The molecule has 0 bridgehead atoms. The third-order valence-electron chi connectivity index (χ3n) is 1.78. The summed E-state index contributed by atoms with van der Waals surface area (Å²) in [6.07, 6.45) is 2.73. The van der Waals surface area contributed by atoms with E-state index in [1.165, 1.54) is 0 Å². The van der Waals surface area contributed by atoms with E-state index in [4.69, 9.17) is 16.7 Å². The second kappa shape index (κ2) is 4.58. The maximum atomic E-state index is 8.95. The highest BCUT2D eigenvalue weighted by Crippen LogP contribution is 2.16. The third-order valence-corrected chi connectivity index (χ3v) is 2.12. The Morgan fingerprint density at radius 3 is 2.77 bits per heavy atom. The molecular weight excluding hydrogens is 186 g/mol. The van der Waals surface area contributed by atoms with E-state index in [0.29, 0.717) is 16.6 Å². The topological polar surface area (TPSA) is 33.1 Å². The van der Waals surface area contributed by atoms with Gasteiger partial charge in [0, 0.05) is 11.8 Å². The van der Waals surface area contributed by atoms with Gasteiger partial charge in [0.2, 0.25) is 0 Å². The van der Waals surface area contributed by atoms with Gasteiger partial charge in [0.25, 0.3) is 0 Å². The molecule has 0 spiro atoms. The maximum absolute atomic E-state index is 8.95. The second-order valence-corrected chi connectivity index (χ2v) is 3.91. The molecule has 0 aromatic carbocycles.